The molecule has 0 spiro atoms. The third kappa shape index (κ3) is 4.55. The summed E-state index contributed by atoms with van der Waals surface area (Å²) in [5.74, 6) is 0.321. The summed E-state index contributed by atoms with van der Waals surface area (Å²) in [4.78, 5) is 11.9. The molecule has 2 rings (SSSR count). The minimum atomic E-state index is -0.409. The summed E-state index contributed by atoms with van der Waals surface area (Å²) < 4.78 is 5.14. The smallest absolute Gasteiger partial charge is 0.263 e. The fourth-order valence-electron chi connectivity index (χ4n) is 1.69. The van der Waals surface area contributed by atoms with Crippen molar-refractivity contribution < 1.29 is 9.21 Å². The van der Waals surface area contributed by atoms with E-state index < -0.39 is 5.91 Å². The molecule has 2 aromatic rings. The number of carbonyl (C=O) groups is 1. The third-order valence-corrected chi connectivity index (χ3v) is 2.76. The van der Waals surface area contributed by atoms with E-state index in [1.165, 1.54) is 6.20 Å². The predicted molar refractivity (Wildman–Crippen MR) is 77.5 cm³/mol. The Morgan fingerprint density at radius 3 is 2.67 bits per heavy atom. The van der Waals surface area contributed by atoms with Crippen LogP contribution >= 0.6 is 0 Å². The van der Waals surface area contributed by atoms with Gasteiger partial charge in [0.15, 0.2) is 0 Å². The molecule has 1 amide bonds. The summed E-state index contributed by atoms with van der Waals surface area (Å²) in [6.45, 7) is 0.807. The van der Waals surface area contributed by atoms with Crippen molar-refractivity contribution in [1.82, 2.24) is 10.6 Å². The van der Waals surface area contributed by atoms with Gasteiger partial charge < -0.3 is 15.1 Å². The minimum Gasteiger partial charge on any atom is -0.467 e. The van der Waals surface area contributed by atoms with Crippen LogP contribution < -0.4 is 10.6 Å². The van der Waals surface area contributed by atoms with Crippen LogP contribution in [0.25, 0.3) is 0 Å². The number of nitrogens with zero attached hydrogens (tertiary/aromatic N) is 1. The quantitative estimate of drug-likeness (QED) is 0.628. The Morgan fingerprint density at radius 2 is 2.00 bits per heavy atom. The molecule has 0 radical (unpaired) electrons. The van der Waals surface area contributed by atoms with E-state index in [4.69, 9.17) is 9.68 Å². The van der Waals surface area contributed by atoms with Crippen LogP contribution in [0.15, 0.2) is 64.9 Å². The van der Waals surface area contributed by atoms with Gasteiger partial charge in [0.05, 0.1) is 12.8 Å². The van der Waals surface area contributed by atoms with Crippen molar-refractivity contribution in [1.29, 1.82) is 5.26 Å². The monoisotopic (exact) mass is 281 g/mol. The molecule has 5 heteroatoms. The van der Waals surface area contributed by atoms with Gasteiger partial charge in [0.1, 0.15) is 17.4 Å². The van der Waals surface area contributed by atoms with E-state index >= 15 is 0 Å². The van der Waals surface area contributed by atoms with Crippen molar-refractivity contribution in [3.8, 4) is 6.07 Å². The second-order valence-electron chi connectivity index (χ2n) is 4.30. The number of hydrogen-bond donors (Lipinski definition) is 2. The molecule has 1 aromatic heterocycles. The second-order valence-corrected chi connectivity index (χ2v) is 4.30. The SMILES string of the molecule is N#C/C(=C/NCc1ccco1)C(=O)NCc1ccccc1. The third-order valence-electron chi connectivity index (χ3n) is 2.76. The number of nitrogens with one attached hydrogen (secondary N) is 2. The van der Waals surface area contributed by atoms with E-state index in [0.29, 0.717) is 13.1 Å². The summed E-state index contributed by atoms with van der Waals surface area (Å²) in [6.07, 6.45) is 2.96. The first-order valence-electron chi connectivity index (χ1n) is 6.48. The maximum atomic E-state index is 11.9. The summed E-state index contributed by atoms with van der Waals surface area (Å²) >= 11 is 0. The van der Waals surface area contributed by atoms with Gasteiger partial charge in [0.2, 0.25) is 0 Å². The number of carbonyl (C=O) groups excluding carboxylic acids is 1. The molecule has 2 N–H and O–H groups in total. The highest BCUT2D eigenvalue weighted by Gasteiger charge is 2.08. The lowest BCUT2D eigenvalue weighted by molar-refractivity contribution is -0.117. The lowest BCUT2D eigenvalue weighted by Crippen LogP contribution is -2.25. The molecule has 106 valence electrons. The Kier molecular flexibility index (Phi) is 5.18. The Morgan fingerprint density at radius 1 is 1.19 bits per heavy atom. The molecule has 5 nitrogen and oxygen atoms in total. The zero-order valence-corrected chi connectivity index (χ0v) is 11.4. The van der Waals surface area contributed by atoms with Crippen LogP contribution in [0, 0.1) is 11.3 Å². The van der Waals surface area contributed by atoms with Gasteiger partial charge in [-0.25, -0.2) is 0 Å². The summed E-state index contributed by atoms with van der Waals surface area (Å²) in [6, 6.07) is 15.0. The van der Waals surface area contributed by atoms with Crippen LogP contribution in [-0.2, 0) is 17.9 Å². The number of amides is 1. The summed E-state index contributed by atoms with van der Waals surface area (Å²) in [5, 5.41) is 14.6. The van der Waals surface area contributed by atoms with Gasteiger partial charge in [-0.05, 0) is 17.7 Å². The molecule has 21 heavy (non-hydrogen) atoms. The van der Waals surface area contributed by atoms with Gasteiger partial charge in [-0.1, -0.05) is 30.3 Å². The first-order chi connectivity index (χ1) is 10.3. The first kappa shape index (κ1) is 14.4. The highest BCUT2D eigenvalue weighted by molar-refractivity contribution is 5.97. The van der Waals surface area contributed by atoms with Crippen molar-refractivity contribution in [3.05, 3.63) is 71.8 Å². The van der Waals surface area contributed by atoms with Crippen LogP contribution in [0.2, 0.25) is 0 Å². The molecule has 0 aliphatic heterocycles. The molecule has 1 aromatic carbocycles. The van der Waals surface area contributed by atoms with Crippen molar-refractivity contribution >= 4 is 5.91 Å². The molecule has 0 bridgehead atoms. The van der Waals surface area contributed by atoms with Gasteiger partial charge in [-0.15, -0.1) is 0 Å². The Hall–Kier alpha value is -3.00. The van der Waals surface area contributed by atoms with Crippen molar-refractivity contribution in [2.45, 2.75) is 13.1 Å². The normalized spacial score (nSPS) is 10.7. The molecule has 0 saturated heterocycles. The van der Waals surface area contributed by atoms with Crippen molar-refractivity contribution in [3.63, 3.8) is 0 Å². The lowest BCUT2D eigenvalue weighted by atomic mass is 10.2. The summed E-state index contributed by atoms with van der Waals surface area (Å²) in [7, 11) is 0. The first-order valence-corrected chi connectivity index (χ1v) is 6.48. The summed E-state index contributed by atoms with van der Waals surface area (Å²) in [5.41, 5.74) is 1.00. The van der Waals surface area contributed by atoms with Crippen LogP contribution in [0.1, 0.15) is 11.3 Å². The van der Waals surface area contributed by atoms with Crippen LogP contribution in [0.3, 0.4) is 0 Å². The van der Waals surface area contributed by atoms with Crippen molar-refractivity contribution in [2.24, 2.45) is 0 Å². The molecule has 0 fully saturated rings. The average Bonchev–Trinajstić information content (AvgIpc) is 3.03. The standard InChI is InChI=1S/C16H15N3O2/c17-9-14(11-18-12-15-7-4-8-21-15)16(20)19-10-13-5-2-1-3-6-13/h1-8,11,18H,10,12H2,(H,19,20)/b14-11-. The number of benzene rings is 1. The van der Waals surface area contributed by atoms with Gasteiger partial charge in [0.25, 0.3) is 5.91 Å². The number of furan rings is 1. The van der Waals surface area contributed by atoms with E-state index in [0.717, 1.165) is 11.3 Å². The lowest BCUT2D eigenvalue weighted by Gasteiger charge is -2.04. The molecule has 0 atom stereocenters. The van der Waals surface area contributed by atoms with E-state index in [9.17, 15) is 4.79 Å². The average molecular weight is 281 g/mol. The Bertz CT molecular complexity index is 640. The number of rotatable bonds is 6. The van der Waals surface area contributed by atoms with E-state index in [-0.39, 0.29) is 5.57 Å². The van der Waals surface area contributed by atoms with Gasteiger partial charge in [-0.3, -0.25) is 4.79 Å². The molecule has 0 saturated carbocycles. The number of hydrogen-bond acceptors (Lipinski definition) is 4. The second kappa shape index (κ2) is 7.56. The van der Waals surface area contributed by atoms with Crippen LogP contribution in [0.5, 0.6) is 0 Å². The molecule has 0 unspecified atom stereocenters. The fourth-order valence-corrected chi connectivity index (χ4v) is 1.69. The topological polar surface area (TPSA) is 78.1 Å². The molecule has 0 aliphatic carbocycles. The Labute approximate surface area is 122 Å². The fraction of sp³-hybridized carbons (Fsp3) is 0.125. The zero-order chi connectivity index (χ0) is 14.9. The zero-order valence-electron chi connectivity index (χ0n) is 11.4. The maximum absolute atomic E-state index is 11.9. The molecule has 1 heterocycles. The van der Waals surface area contributed by atoms with Gasteiger partial charge >= 0.3 is 0 Å². The van der Waals surface area contributed by atoms with Gasteiger partial charge in [0, 0.05) is 12.7 Å². The Balaban J connectivity index is 1.85. The van der Waals surface area contributed by atoms with E-state index in [1.54, 1.807) is 12.3 Å². The highest BCUT2D eigenvalue weighted by Crippen LogP contribution is 2.01. The largest absolute Gasteiger partial charge is 0.467 e. The molecular formula is C16H15N3O2. The highest BCUT2D eigenvalue weighted by atomic mass is 16.3. The minimum absolute atomic E-state index is 0.0255. The molecule has 0 aliphatic rings. The maximum Gasteiger partial charge on any atom is 0.263 e. The van der Waals surface area contributed by atoms with Gasteiger partial charge in [-0.2, -0.15) is 5.26 Å². The predicted octanol–water partition coefficient (Wildman–Crippen LogP) is 2.09. The van der Waals surface area contributed by atoms with Crippen molar-refractivity contribution in [2.75, 3.05) is 0 Å². The van der Waals surface area contributed by atoms with Crippen LogP contribution in [-0.4, -0.2) is 5.91 Å². The van der Waals surface area contributed by atoms with Crippen LogP contribution in [0.4, 0.5) is 0 Å². The number of nitriles is 1. The van der Waals surface area contributed by atoms with E-state index in [2.05, 4.69) is 10.6 Å². The molecular weight excluding hydrogens is 266 g/mol. The van der Waals surface area contributed by atoms with E-state index in [1.807, 2.05) is 42.5 Å².